The second-order valence-electron chi connectivity index (χ2n) is 4.32. The van der Waals surface area contributed by atoms with E-state index < -0.39 is 10.0 Å². The van der Waals surface area contributed by atoms with E-state index in [1.54, 1.807) is 18.2 Å². The molecule has 1 heterocycles. The lowest BCUT2D eigenvalue weighted by atomic mass is 10.2. The summed E-state index contributed by atoms with van der Waals surface area (Å²) in [7, 11) is -3.47. The average Bonchev–Trinajstić information content (AvgIpc) is 2.91. The van der Waals surface area contributed by atoms with Gasteiger partial charge in [-0.25, -0.2) is 8.42 Å². The first-order valence-electron chi connectivity index (χ1n) is 6.31. The van der Waals surface area contributed by atoms with Crippen LogP contribution in [0.4, 0.5) is 5.69 Å². The van der Waals surface area contributed by atoms with Crippen molar-refractivity contribution in [3.8, 4) is 0 Å². The summed E-state index contributed by atoms with van der Waals surface area (Å²) in [6.07, 6.45) is 1.78. The average molecular weight is 374 g/mol. The maximum atomic E-state index is 12.2. The van der Waals surface area contributed by atoms with Crippen molar-refractivity contribution in [2.45, 2.75) is 24.0 Å². The molecule has 0 aliphatic heterocycles. The van der Waals surface area contributed by atoms with Crippen molar-refractivity contribution in [2.75, 3.05) is 10.1 Å². The molecule has 20 heavy (non-hydrogen) atoms. The van der Waals surface area contributed by atoms with Gasteiger partial charge < -0.3 is 0 Å². The highest BCUT2D eigenvalue weighted by molar-refractivity contribution is 9.09. The van der Waals surface area contributed by atoms with Crippen LogP contribution in [0.2, 0.25) is 0 Å². The van der Waals surface area contributed by atoms with Crippen molar-refractivity contribution < 1.29 is 8.42 Å². The molecule has 0 aliphatic carbocycles. The number of benzene rings is 1. The normalized spacial score (nSPS) is 11.5. The molecule has 0 bridgehead atoms. The molecule has 1 N–H and O–H groups in total. The largest absolute Gasteiger partial charge is 0.279 e. The third kappa shape index (κ3) is 3.84. The van der Waals surface area contributed by atoms with E-state index >= 15 is 0 Å². The molecule has 0 amide bonds. The Bertz CT molecular complexity index is 663. The van der Waals surface area contributed by atoms with E-state index in [0.717, 1.165) is 23.0 Å². The van der Waals surface area contributed by atoms with Crippen LogP contribution < -0.4 is 4.72 Å². The van der Waals surface area contributed by atoms with Gasteiger partial charge in [0.15, 0.2) is 0 Å². The van der Waals surface area contributed by atoms with Crippen molar-refractivity contribution in [2.24, 2.45) is 0 Å². The number of halogens is 1. The number of hydrogen-bond acceptors (Lipinski definition) is 3. The molecule has 0 saturated heterocycles. The molecule has 0 atom stereocenters. The first-order chi connectivity index (χ1) is 9.55. The molecule has 2 aromatic rings. The second kappa shape index (κ2) is 6.74. The molecule has 6 heteroatoms. The van der Waals surface area contributed by atoms with Crippen LogP contribution in [-0.4, -0.2) is 13.7 Å². The van der Waals surface area contributed by atoms with Crippen LogP contribution in [0.5, 0.6) is 0 Å². The van der Waals surface area contributed by atoms with Gasteiger partial charge in [0.2, 0.25) is 0 Å². The van der Waals surface area contributed by atoms with Gasteiger partial charge in [0.1, 0.15) is 4.21 Å². The molecule has 2 rings (SSSR count). The fourth-order valence-electron chi connectivity index (χ4n) is 1.75. The predicted molar refractivity (Wildman–Crippen MR) is 88.4 cm³/mol. The quantitative estimate of drug-likeness (QED) is 0.776. The molecule has 0 fully saturated rings. The number of aryl methyl sites for hydroxylation is 2. The van der Waals surface area contributed by atoms with Gasteiger partial charge in [-0.15, -0.1) is 11.3 Å². The van der Waals surface area contributed by atoms with Gasteiger partial charge in [0.25, 0.3) is 10.0 Å². The standard InChI is InChI=1S/C14H16BrNO2S2/c1-2-13-7-8-14(19-13)20(17,18)16-12-5-3-11(4-6-12)9-10-15/h3-8,16H,2,9-10H2,1H3. The van der Waals surface area contributed by atoms with Gasteiger partial charge in [-0.1, -0.05) is 35.0 Å². The molecule has 1 aromatic carbocycles. The first-order valence-corrected chi connectivity index (χ1v) is 9.73. The van der Waals surface area contributed by atoms with Gasteiger partial charge >= 0.3 is 0 Å². The molecular weight excluding hydrogens is 358 g/mol. The maximum absolute atomic E-state index is 12.2. The van der Waals surface area contributed by atoms with Crippen molar-refractivity contribution in [1.82, 2.24) is 0 Å². The van der Waals surface area contributed by atoms with E-state index in [2.05, 4.69) is 20.7 Å². The SMILES string of the molecule is CCc1ccc(S(=O)(=O)Nc2ccc(CCBr)cc2)s1. The minimum Gasteiger partial charge on any atom is -0.279 e. The molecule has 1 aromatic heterocycles. The molecule has 0 radical (unpaired) electrons. The van der Waals surface area contributed by atoms with Crippen molar-refractivity contribution in [3.63, 3.8) is 0 Å². The smallest absolute Gasteiger partial charge is 0.271 e. The van der Waals surface area contributed by atoms with E-state index in [-0.39, 0.29) is 0 Å². The highest BCUT2D eigenvalue weighted by atomic mass is 79.9. The third-order valence-electron chi connectivity index (χ3n) is 2.84. The summed E-state index contributed by atoms with van der Waals surface area (Å²) in [5, 5.41) is 0.896. The Morgan fingerprint density at radius 3 is 2.40 bits per heavy atom. The zero-order valence-electron chi connectivity index (χ0n) is 11.1. The number of thiophene rings is 1. The molecule has 3 nitrogen and oxygen atoms in total. The number of alkyl halides is 1. The molecular formula is C14H16BrNO2S2. The summed E-state index contributed by atoms with van der Waals surface area (Å²) in [6, 6.07) is 11.0. The minimum absolute atomic E-state index is 0.360. The van der Waals surface area contributed by atoms with Gasteiger partial charge in [-0.2, -0.15) is 0 Å². The second-order valence-corrected chi connectivity index (χ2v) is 8.19. The van der Waals surface area contributed by atoms with E-state index in [9.17, 15) is 8.42 Å². The van der Waals surface area contributed by atoms with Crippen molar-refractivity contribution >= 4 is 43.0 Å². The lowest BCUT2D eigenvalue weighted by molar-refractivity contribution is 0.603. The Labute approximate surface area is 132 Å². The highest BCUT2D eigenvalue weighted by Gasteiger charge is 2.16. The number of sulfonamides is 1. The molecule has 0 aliphatic rings. The maximum Gasteiger partial charge on any atom is 0.271 e. The summed E-state index contributed by atoms with van der Waals surface area (Å²) in [4.78, 5) is 1.07. The summed E-state index contributed by atoms with van der Waals surface area (Å²) < 4.78 is 27.4. The number of rotatable bonds is 6. The molecule has 108 valence electrons. The Balaban J connectivity index is 2.15. The molecule has 0 unspecified atom stereocenters. The van der Waals surface area contributed by atoms with Crippen LogP contribution >= 0.6 is 27.3 Å². The molecule has 0 spiro atoms. The minimum atomic E-state index is -3.47. The lowest BCUT2D eigenvalue weighted by Crippen LogP contribution is -2.11. The van der Waals surface area contributed by atoms with Gasteiger partial charge in [0.05, 0.1) is 0 Å². The van der Waals surface area contributed by atoms with Crippen molar-refractivity contribution in [3.05, 3.63) is 46.8 Å². The van der Waals surface area contributed by atoms with E-state index in [1.807, 2.05) is 25.1 Å². The number of anilines is 1. The lowest BCUT2D eigenvalue weighted by Gasteiger charge is -2.07. The van der Waals surface area contributed by atoms with Crippen LogP contribution in [0.3, 0.4) is 0 Å². The number of nitrogens with one attached hydrogen (secondary N) is 1. The van der Waals surface area contributed by atoms with Crippen LogP contribution in [-0.2, 0) is 22.9 Å². The fourth-order valence-corrected chi connectivity index (χ4v) is 4.56. The van der Waals surface area contributed by atoms with E-state index in [4.69, 9.17) is 0 Å². The first kappa shape index (κ1) is 15.5. The predicted octanol–water partition coefficient (Wildman–Crippen LogP) is 4.05. The van der Waals surface area contributed by atoms with Crippen LogP contribution in [0.25, 0.3) is 0 Å². The summed E-state index contributed by atoms with van der Waals surface area (Å²) in [5.41, 5.74) is 1.77. The Morgan fingerprint density at radius 2 is 1.85 bits per heavy atom. The Morgan fingerprint density at radius 1 is 1.15 bits per heavy atom. The zero-order chi connectivity index (χ0) is 14.6. The topological polar surface area (TPSA) is 46.2 Å². The zero-order valence-corrected chi connectivity index (χ0v) is 14.3. The van der Waals surface area contributed by atoms with Crippen LogP contribution in [0.15, 0.2) is 40.6 Å². The van der Waals surface area contributed by atoms with Gasteiger partial charge in [-0.05, 0) is 42.7 Å². The summed E-state index contributed by atoms with van der Waals surface area (Å²) >= 11 is 4.70. The third-order valence-corrected chi connectivity index (χ3v) is 6.34. The fraction of sp³-hybridized carbons (Fsp3) is 0.286. The van der Waals surface area contributed by atoms with Gasteiger partial charge in [0, 0.05) is 15.9 Å². The van der Waals surface area contributed by atoms with E-state index in [0.29, 0.717) is 9.90 Å². The monoisotopic (exact) mass is 373 g/mol. The van der Waals surface area contributed by atoms with Gasteiger partial charge in [-0.3, -0.25) is 4.72 Å². The summed E-state index contributed by atoms with van der Waals surface area (Å²) in [5.74, 6) is 0. The highest BCUT2D eigenvalue weighted by Crippen LogP contribution is 2.24. The van der Waals surface area contributed by atoms with Crippen LogP contribution in [0, 0.1) is 0 Å². The Kier molecular flexibility index (Phi) is 5.23. The van der Waals surface area contributed by atoms with Crippen molar-refractivity contribution in [1.29, 1.82) is 0 Å². The summed E-state index contributed by atoms with van der Waals surface area (Å²) in [6.45, 7) is 2.01. The number of hydrogen-bond donors (Lipinski definition) is 1. The van der Waals surface area contributed by atoms with Crippen LogP contribution in [0.1, 0.15) is 17.4 Å². The van der Waals surface area contributed by atoms with E-state index in [1.165, 1.54) is 16.9 Å². The molecule has 0 saturated carbocycles. The Hall–Kier alpha value is -0.850.